The van der Waals surface area contributed by atoms with Crippen LogP contribution in [0, 0.1) is 11.6 Å². The Labute approximate surface area is 188 Å². The number of hydrogen-bond acceptors (Lipinski definition) is 5. The second-order valence-electron chi connectivity index (χ2n) is 7.46. The van der Waals surface area contributed by atoms with Crippen LogP contribution in [-0.4, -0.2) is 49.4 Å². The van der Waals surface area contributed by atoms with Gasteiger partial charge in [-0.25, -0.2) is 13.6 Å². The van der Waals surface area contributed by atoms with E-state index in [4.69, 9.17) is 4.74 Å². The summed E-state index contributed by atoms with van der Waals surface area (Å²) in [4.78, 5) is 51.1. The van der Waals surface area contributed by atoms with Gasteiger partial charge in [0, 0.05) is 7.05 Å². The van der Waals surface area contributed by atoms with Gasteiger partial charge < -0.3 is 20.7 Å². The number of halogens is 2. The van der Waals surface area contributed by atoms with Crippen molar-refractivity contribution in [2.75, 3.05) is 20.7 Å². The van der Waals surface area contributed by atoms with Crippen LogP contribution in [0.15, 0.2) is 42.5 Å². The highest BCUT2D eigenvalue weighted by Gasteiger charge is 2.49. The molecule has 11 heteroatoms. The Balaban J connectivity index is 1.77. The number of imide groups is 1. The van der Waals surface area contributed by atoms with Crippen molar-refractivity contribution in [2.24, 2.45) is 0 Å². The minimum absolute atomic E-state index is 0.0122. The molecule has 0 aliphatic carbocycles. The summed E-state index contributed by atoms with van der Waals surface area (Å²) in [5, 5.41) is 7.24. The molecule has 2 aromatic rings. The first-order valence-electron chi connectivity index (χ1n) is 9.85. The molecule has 3 N–H and O–H groups in total. The summed E-state index contributed by atoms with van der Waals surface area (Å²) >= 11 is 0. The lowest BCUT2D eigenvalue weighted by Crippen LogP contribution is -2.46. The number of urea groups is 1. The van der Waals surface area contributed by atoms with Crippen LogP contribution >= 0.6 is 0 Å². The van der Waals surface area contributed by atoms with E-state index in [0.29, 0.717) is 16.2 Å². The van der Waals surface area contributed by atoms with E-state index < -0.39 is 53.5 Å². The highest BCUT2D eigenvalue weighted by Crippen LogP contribution is 2.30. The Morgan fingerprint density at radius 2 is 1.79 bits per heavy atom. The molecule has 0 radical (unpaired) electrons. The van der Waals surface area contributed by atoms with Crippen LogP contribution in [0.25, 0.3) is 0 Å². The molecule has 9 nitrogen and oxygen atoms in total. The zero-order chi connectivity index (χ0) is 24.3. The van der Waals surface area contributed by atoms with Gasteiger partial charge in [0.2, 0.25) is 11.8 Å². The molecule has 2 unspecified atom stereocenters. The van der Waals surface area contributed by atoms with Gasteiger partial charge in [-0.05, 0) is 42.3 Å². The minimum atomic E-state index is -1.41. The van der Waals surface area contributed by atoms with E-state index in [0.717, 1.165) is 18.2 Å². The van der Waals surface area contributed by atoms with Crippen LogP contribution in [0.5, 0.6) is 5.75 Å². The molecule has 1 aliphatic heterocycles. The number of amides is 5. The average molecular weight is 460 g/mol. The molecule has 0 spiro atoms. The SMILES string of the molecule is CNC(=O)C(NC(=O)CN1C(=O)NC(C)(c2ccc(OC)cc2)C1=O)c1ccc(F)c(F)c1. The number of likely N-dealkylation sites (N-methyl/N-ethyl adjacent to an activating group) is 1. The van der Waals surface area contributed by atoms with E-state index in [-0.39, 0.29) is 5.56 Å². The van der Waals surface area contributed by atoms with Gasteiger partial charge in [0.15, 0.2) is 11.6 Å². The van der Waals surface area contributed by atoms with Crippen LogP contribution in [0.3, 0.4) is 0 Å². The maximum Gasteiger partial charge on any atom is 0.325 e. The topological polar surface area (TPSA) is 117 Å². The number of rotatable bonds is 7. The number of carbonyl (C=O) groups is 4. The smallest absolute Gasteiger partial charge is 0.325 e. The van der Waals surface area contributed by atoms with Crippen LogP contribution < -0.4 is 20.7 Å². The number of carbonyl (C=O) groups excluding carboxylic acids is 4. The summed E-state index contributed by atoms with van der Waals surface area (Å²) in [7, 11) is 2.80. The Morgan fingerprint density at radius 3 is 2.36 bits per heavy atom. The van der Waals surface area contributed by atoms with E-state index in [1.54, 1.807) is 24.3 Å². The fourth-order valence-electron chi connectivity index (χ4n) is 3.45. The van der Waals surface area contributed by atoms with Crippen LogP contribution in [0.4, 0.5) is 13.6 Å². The van der Waals surface area contributed by atoms with Crippen LogP contribution in [0.1, 0.15) is 24.1 Å². The molecule has 1 saturated heterocycles. The third-order valence-electron chi connectivity index (χ3n) is 5.33. The molecule has 3 rings (SSSR count). The van der Waals surface area contributed by atoms with Crippen molar-refractivity contribution >= 4 is 23.8 Å². The highest BCUT2D eigenvalue weighted by atomic mass is 19.2. The lowest BCUT2D eigenvalue weighted by Gasteiger charge is -2.23. The van der Waals surface area contributed by atoms with Gasteiger partial charge in [-0.1, -0.05) is 18.2 Å². The summed E-state index contributed by atoms with van der Waals surface area (Å²) < 4.78 is 32.0. The largest absolute Gasteiger partial charge is 0.497 e. The standard InChI is InChI=1S/C22H22F2N4O5/c1-22(13-5-7-14(33-3)8-6-13)20(31)28(21(32)27-22)11-17(29)26-18(19(30)25-2)12-4-9-15(23)16(24)10-12/h4-10,18H,11H2,1-3H3,(H,25,30)(H,26,29)(H,27,32). The van der Waals surface area contributed by atoms with Crippen molar-refractivity contribution in [1.29, 1.82) is 0 Å². The van der Waals surface area contributed by atoms with Crippen molar-refractivity contribution in [1.82, 2.24) is 20.9 Å². The number of methoxy groups -OCH3 is 1. The van der Waals surface area contributed by atoms with Crippen molar-refractivity contribution in [3.8, 4) is 5.75 Å². The number of hydrogen-bond donors (Lipinski definition) is 3. The Bertz CT molecular complexity index is 1110. The Morgan fingerprint density at radius 1 is 1.12 bits per heavy atom. The van der Waals surface area contributed by atoms with Gasteiger partial charge in [-0.2, -0.15) is 0 Å². The zero-order valence-electron chi connectivity index (χ0n) is 18.1. The maximum absolute atomic E-state index is 13.6. The Kier molecular flexibility index (Phi) is 6.61. The third-order valence-corrected chi connectivity index (χ3v) is 5.33. The first-order valence-corrected chi connectivity index (χ1v) is 9.85. The lowest BCUT2D eigenvalue weighted by molar-refractivity contribution is -0.135. The summed E-state index contributed by atoms with van der Waals surface area (Å²) in [5.41, 5.74) is -0.944. The normalized spacial score (nSPS) is 18.5. The number of benzene rings is 2. The lowest BCUT2D eigenvalue weighted by atomic mass is 9.92. The van der Waals surface area contributed by atoms with Gasteiger partial charge >= 0.3 is 6.03 Å². The van der Waals surface area contributed by atoms with E-state index in [9.17, 15) is 28.0 Å². The van der Waals surface area contributed by atoms with Crippen LogP contribution in [-0.2, 0) is 19.9 Å². The monoisotopic (exact) mass is 460 g/mol. The summed E-state index contributed by atoms with van der Waals surface area (Å²) in [6.07, 6.45) is 0. The first kappa shape index (κ1) is 23.6. The molecule has 0 bridgehead atoms. The first-order chi connectivity index (χ1) is 15.6. The molecule has 5 amide bonds. The summed E-state index contributed by atoms with van der Waals surface area (Å²) in [6, 6.07) is 7.08. The second kappa shape index (κ2) is 9.23. The molecule has 0 saturated carbocycles. The fraction of sp³-hybridized carbons (Fsp3) is 0.273. The molecular formula is C22H22F2N4O5. The summed E-state index contributed by atoms with van der Waals surface area (Å²) in [6.45, 7) is 0.815. The number of ether oxygens (including phenoxy) is 1. The van der Waals surface area contributed by atoms with Gasteiger partial charge in [0.1, 0.15) is 23.9 Å². The van der Waals surface area contributed by atoms with Crippen molar-refractivity contribution < 1.29 is 32.7 Å². The van der Waals surface area contributed by atoms with E-state index >= 15 is 0 Å². The number of nitrogens with one attached hydrogen (secondary N) is 3. The average Bonchev–Trinajstić information content (AvgIpc) is 3.02. The molecule has 33 heavy (non-hydrogen) atoms. The van der Waals surface area contributed by atoms with Crippen molar-refractivity contribution in [3.63, 3.8) is 0 Å². The molecule has 1 fully saturated rings. The predicted molar refractivity (Wildman–Crippen MR) is 112 cm³/mol. The van der Waals surface area contributed by atoms with Gasteiger partial charge in [0.05, 0.1) is 7.11 Å². The van der Waals surface area contributed by atoms with E-state index in [1.807, 2.05) is 0 Å². The minimum Gasteiger partial charge on any atom is -0.497 e. The maximum atomic E-state index is 13.6. The van der Waals surface area contributed by atoms with E-state index in [2.05, 4.69) is 16.0 Å². The molecular weight excluding hydrogens is 438 g/mol. The molecule has 2 aromatic carbocycles. The third kappa shape index (κ3) is 4.61. The second-order valence-corrected chi connectivity index (χ2v) is 7.46. The van der Waals surface area contributed by atoms with Crippen molar-refractivity contribution in [3.05, 3.63) is 65.2 Å². The van der Waals surface area contributed by atoms with Gasteiger partial charge in [-0.15, -0.1) is 0 Å². The van der Waals surface area contributed by atoms with Gasteiger partial charge in [0.25, 0.3) is 5.91 Å². The molecule has 1 aliphatic rings. The zero-order valence-corrected chi connectivity index (χ0v) is 18.1. The molecule has 174 valence electrons. The van der Waals surface area contributed by atoms with E-state index in [1.165, 1.54) is 21.1 Å². The van der Waals surface area contributed by atoms with Crippen LogP contribution in [0.2, 0.25) is 0 Å². The number of nitrogens with zero attached hydrogens (tertiary/aromatic N) is 1. The predicted octanol–water partition coefficient (Wildman–Crippen LogP) is 1.34. The highest BCUT2D eigenvalue weighted by molar-refractivity contribution is 6.09. The molecule has 2 atom stereocenters. The fourth-order valence-corrected chi connectivity index (χ4v) is 3.45. The summed E-state index contributed by atoms with van der Waals surface area (Å²) in [5.74, 6) is -3.96. The quantitative estimate of drug-likeness (QED) is 0.540. The molecule has 1 heterocycles. The molecule has 0 aromatic heterocycles. The van der Waals surface area contributed by atoms with Gasteiger partial charge in [-0.3, -0.25) is 19.3 Å². The Hall–Kier alpha value is -4.02. The van der Waals surface area contributed by atoms with Crippen molar-refractivity contribution in [2.45, 2.75) is 18.5 Å².